The fourth-order valence-electron chi connectivity index (χ4n) is 5.62. The minimum absolute atomic E-state index is 0.108. The highest BCUT2D eigenvalue weighted by Crippen LogP contribution is 2.35. The van der Waals surface area contributed by atoms with E-state index in [-0.39, 0.29) is 12.6 Å². The van der Waals surface area contributed by atoms with E-state index in [0.717, 1.165) is 36.1 Å². The first-order valence-electron chi connectivity index (χ1n) is 14.8. The predicted octanol–water partition coefficient (Wildman–Crippen LogP) is 7.11. The Balaban J connectivity index is 1.47. The van der Waals surface area contributed by atoms with E-state index in [4.69, 9.17) is 16.6 Å². The molecule has 0 unspecified atom stereocenters. The van der Waals surface area contributed by atoms with Gasteiger partial charge in [0.15, 0.2) is 0 Å². The molecule has 0 spiro atoms. The van der Waals surface area contributed by atoms with Crippen molar-refractivity contribution < 1.29 is 14.7 Å². The number of anilines is 1. The van der Waals surface area contributed by atoms with Crippen molar-refractivity contribution in [3.05, 3.63) is 124 Å². The third-order valence-electron chi connectivity index (χ3n) is 7.98. The second-order valence-corrected chi connectivity index (χ2v) is 11.8. The molecule has 0 aliphatic carbocycles. The van der Waals surface area contributed by atoms with Crippen LogP contribution >= 0.6 is 11.6 Å². The summed E-state index contributed by atoms with van der Waals surface area (Å²) in [4.78, 5) is 38.9. The van der Waals surface area contributed by atoms with E-state index in [9.17, 15) is 14.7 Å². The molecule has 1 N–H and O–H groups in total. The van der Waals surface area contributed by atoms with Gasteiger partial charge in [0.05, 0.1) is 17.3 Å². The van der Waals surface area contributed by atoms with E-state index in [2.05, 4.69) is 48.0 Å². The molecule has 1 aromatic heterocycles. The van der Waals surface area contributed by atoms with Crippen molar-refractivity contribution in [1.29, 1.82) is 0 Å². The molecule has 8 heteroatoms. The van der Waals surface area contributed by atoms with Gasteiger partial charge in [-0.1, -0.05) is 92.2 Å². The largest absolute Gasteiger partial charge is 0.480 e. The summed E-state index contributed by atoms with van der Waals surface area (Å²) in [6.45, 7) is 4.90. The third kappa shape index (κ3) is 7.59. The monoisotopic (exact) mass is 596 g/mol. The number of aryl methyl sites for hydroxylation is 2. The van der Waals surface area contributed by atoms with Crippen molar-refractivity contribution in [1.82, 2.24) is 14.9 Å². The maximum Gasteiger partial charge on any atom is 0.323 e. The van der Waals surface area contributed by atoms with Crippen molar-refractivity contribution in [3.8, 4) is 0 Å². The van der Waals surface area contributed by atoms with E-state index < -0.39 is 18.4 Å². The van der Waals surface area contributed by atoms with E-state index in [1.54, 1.807) is 6.20 Å². The topological polar surface area (TPSA) is 86.6 Å². The Hall–Kier alpha value is -4.23. The summed E-state index contributed by atoms with van der Waals surface area (Å²) in [5.74, 6) is -0.441. The van der Waals surface area contributed by atoms with E-state index in [1.165, 1.54) is 10.5 Å². The van der Waals surface area contributed by atoms with Gasteiger partial charge in [-0.2, -0.15) is 0 Å². The van der Waals surface area contributed by atoms with Gasteiger partial charge in [-0.05, 0) is 66.0 Å². The number of rotatable bonds is 11. The number of hydrogen-bond acceptors (Lipinski definition) is 5. The molecule has 222 valence electrons. The Labute approximate surface area is 258 Å². The molecule has 0 saturated carbocycles. The molecule has 4 aromatic rings. The molecule has 2 heterocycles. The minimum Gasteiger partial charge on any atom is -0.480 e. The van der Waals surface area contributed by atoms with Crippen molar-refractivity contribution in [3.63, 3.8) is 0 Å². The second-order valence-electron chi connectivity index (χ2n) is 11.4. The van der Waals surface area contributed by atoms with Crippen molar-refractivity contribution in [2.24, 2.45) is 0 Å². The number of carboxylic acid groups (broad SMARTS) is 1. The average Bonchev–Trinajstić information content (AvgIpc) is 3.50. The number of carbonyl (C=O) groups is 2. The Morgan fingerprint density at radius 3 is 2.37 bits per heavy atom. The van der Waals surface area contributed by atoms with Gasteiger partial charge in [0.1, 0.15) is 6.54 Å². The number of halogens is 1. The average molecular weight is 597 g/mol. The number of amides is 1. The van der Waals surface area contributed by atoms with E-state index in [1.807, 2.05) is 54.6 Å². The molecular weight excluding hydrogens is 560 g/mol. The van der Waals surface area contributed by atoms with Gasteiger partial charge in [0.25, 0.3) is 5.91 Å². The third-order valence-corrected chi connectivity index (χ3v) is 8.23. The van der Waals surface area contributed by atoms with Crippen molar-refractivity contribution >= 4 is 29.4 Å². The maximum atomic E-state index is 13.9. The lowest BCUT2D eigenvalue weighted by Crippen LogP contribution is -2.36. The van der Waals surface area contributed by atoms with Gasteiger partial charge in [-0.25, -0.2) is 9.97 Å². The predicted molar refractivity (Wildman–Crippen MR) is 170 cm³/mol. The number of hydrogen-bond donors (Lipinski definition) is 1. The van der Waals surface area contributed by atoms with Crippen LogP contribution in [0.15, 0.2) is 85.1 Å². The van der Waals surface area contributed by atoms with Crippen LogP contribution in [-0.4, -0.2) is 44.9 Å². The number of carboxylic acids is 1. The highest BCUT2D eigenvalue weighted by atomic mass is 35.5. The number of aromatic nitrogens is 2. The summed E-state index contributed by atoms with van der Waals surface area (Å²) in [7, 11) is 0. The molecule has 1 atom stereocenters. The second kappa shape index (κ2) is 13.8. The van der Waals surface area contributed by atoms with Crippen LogP contribution in [0.5, 0.6) is 0 Å². The zero-order valence-electron chi connectivity index (χ0n) is 24.6. The highest BCUT2D eigenvalue weighted by molar-refractivity contribution is 6.30. The number of benzene rings is 3. The highest BCUT2D eigenvalue weighted by Gasteiger charge is 2.30. The van der Waals surface area contributed by atoms with Crippen LogP contribution in [0.2, 0.25) is 5.02 Å². The molecule has 3 aromatic carbocycles. The lowest BCUT2D eigenvalue weighted by atomic mass is 9.99. The first-order chi connectivity index (χ1) is 20.8. The van der Waals surface area contributed by atoms with Crippen molar-refractivity contribution in [2.45, 2.75) is 58.0 Å². The minimum atomic E-state index is -1.07. The maximum absolute atomic E-state index is 13.9. The van der Waals surface area contributed by atoms with Gasteiger partial charge in [-0.3, -0.25) is 9.59 Å². The van der Waals surface area contributed by atoms with Crippen LogP contribution in [0.4, 0.5) is 5.95 Å². The van der Waals surface area contributed by atoms with Crippen LogP contribution in [0.3, 0.4) is 0 Å². The number of nitrogens with zero attached hydrogens (tertiary/aromatic N) is 4. The SMILES string of the molecule is CC(C)c1ccc(CCc2nc(N3CCC[C@@H]3c3ccc(Cl)cc3)ncc2C(=O)N(CC(=O)O)Cc2ccccc2)cc1. The van der Waals surface area contributed by atoms with Gasteiger partial charge in [-0.15, -0.1) is 0 Å². The summed E-state index contributed by atoms with van der Waals surface area (Å²) in [6, 6.07) is 25.9. The van der Waals surface area contributed by atoms with Crippen LogP contribution in [0.1, 0.15) is 77.0 Å². The first-order valence-corrected chi connectivity index (χ1v) is 15.2. The lowest BCUT2D eigenvalue weighted by Gasteiger charge is -2.27. The van der Waals surface area contributed by atoms with Gasteiger partial charge >= 0.3 is 5.97 Å². The smallest absolute Gasteiger partial charge is 0.323 e. The summed E-state index contributed by atoms with van der Waals surface area (Å²) in [5.41, 5.74) is 5.37. The van der Waals surface area contributed by atoms with Gasteiger partial charge in [0, 0.05) is 24.3 Å². The number of aliphatic carboxylic acids is 1. The molecule has 1 fully saturated rings. The van der Waals surface area contributed by atoms with E-state index in [0.29, 0.717) is 41.0 Å². The first kappa shape index (κ1) is 30.2. The summed E-state index contributed by atoms with van der Waals surface area (Å²) in [6.07, 6.45) is 4.75. The standard InChI is InChI=1S/C35H37ClN4O3/c1-24(2)27-13-10-25(11-14-27)12-19-31-30(34(43)39(23-33(41)42)22-26-7-4-3-5-8-26)21-37-35(38-31)40-20-6-9-32(40)28-15-17-29(36)18-16-28/h3-5,7-8,10-11,13-18,21,24,32H,6,9,12,19-20,22-23H2,1-2H3,(H,41,42)/t32-/m1/s1. The van der Waals surface area contributed by atoms with Crippen molar-refractivity contribution in [2.75, 3.05) is 18.0 Å². The molecule has 0 bridgehead atoms. The molecule has 7 nitrogen and oxygen atoms in total. The van der Waals surface area contributed by atoms with E-state index >= 15 is 0 Å². The molecule has 1 aliphatic heterocycles. The van der Waals surface area contributed by atoms with Gasteiger partial charge < -0.3 is 14.9 Å². The Morgan fingerprint density at radius 1 is 0.977 bits per heavy atom. The quantitative estimate of drug-likeness (QED) is 0.199. The molecule has 0 radical (unpaired) electrons. The summed E-state index contributed by atoms with van der Waals surface area (Å²) in [5, 5.41) is 10.3. The lowest BCUT2D eigenvalue weighted by molar-refractivity contribution is -0.137. The van der Waals surface area contributed by atoms with Gasteiger partial charge in [0.2, 0.25) is 5.95 Å². The van der Waals surface area contributed by atoms with Crippen LogP contribution < -0.4 is 4.90 Å². The molecule has 1 saturated heterocycles. The molecular formula is C35H37ClN4O3. The normalized spacial score (nSPS) is 14.7. The fourth-order valence-corrected chi connectivity index (χ4v) is 5.75. The molecule has 5 rings (SSSR count). The Kier molecular flexibility index (Phi) is 9.72. The summed E-state index contributed by atoms with van der Waals surface area (Å²) < 4.78 is 0. The van der Waals surface area contributed by atoms with Crippen LogP contribution in [0.25, 0.3) is 0 Å². The molecule has 1 amide bonds. The zero-order chi connectivity index (χ0) is 30.3. The number of carbonyl (C=O) groups excluding carboxylic acids is 1. The molecule has 43 heavy (non-hydrogen) atoms. The van der Waals surface area contributed by atoms with Crippen LogP contribution in [-0.2, 0) is 24.2 Å². The summed E-state index contributed by atoms with van der Waals surface area (Å²) >= 11 is 6.15. The zero-order valence-corrected chi connectivity index (χ0v) is 25.4. The van der Waals surface area contributed by atoms with Crippen LogP contribution in [0, 0.1) is 0 Å². The Morgan fingerprint density at radius 2 is 1.70 bits per heavy atom. The fraction of sp³-hybridized carbons (Fsp3) is 0.314. The Bertz CT molecular complexity index is 1540. The molecule has 1 aliphatic rings.